The van der Waals surface area contributed by atoms with Crippen molar-refractivity contribution in [2.45, 2.75) is 39.7 Å². The fourth-order valence-electron chi connectivity index (χ4n) is 2.98. The summed E-state index contributed by atoms with van der Waals surface area (Å²) < 4.78 is 13.5. The van der Waals surface area contributed by atoms with E-state index in [4.69, 9.17) is 10.7 Å². The summed E-state index contributed by atoms with van der Waals surface area (Å²) in [5.74, 6) is -0.210. The minimum atomic E-state index is -0.210. The number of nitrogens with zero attached hydrogens (tertiary/aromatic N) is 1. The molecule has 1 aromatic heterocycles. The average Bonchev–Trinajstić information content (AvgIpc) is 2.69. The van der Waals surface area contributed by atoms with Crippen LogP contribution >= 0.6 is 11.3 Å². The van der Waals surface area contributed by atoms with Crippen molar-refractivity contribution >= 4 is 11.3 Å². The molecule has 0 fully saturated rings. The van der Waals surface area contributed by atoms with Crippen molar-refractivity contribution in [3.8, 4) is 10.6 Å². The van der Waals surface area contributed by atoms with Gasteiger partial charge in [0.05, 0.1) is 5.69 Å². The maximum absolute atomic E-state index is 13.5. The summed E-state index contributed by atoms with van der Waals surface area (Å²) in [7, 11) is 0. The predicted molar refractivity (Wildman–Crippen MR) is 81.3 cm³/mol. The third-order valence-electron chi connectivity index (χ3n) is 3.77. The van der Waals surface area contributed by atoms with Gasteiger partial charge in [-0.15, -0.1) is 11.3 Å². The molecule has 4 heteroatoms. The normalized spacial score (nSPS) is 20.8. The molecular formula is C16H19FN2S. The lowest BCUT2D eigenvalue weighted by molar-refractivity contribution is 0.282. The number of aromatic nitrogens is 1. The third-order valence-corrected chi connectivity index (χ3v) is 5.05. The van der Waals surface area contributed by atoms with E-state index in [1.165, 1.54) is 10.9 Å². The Hall–Kier alpha value is -1.26. The number of thiazole rings is 1. The largest absolute Gasteiger partial charge is 0.323 e. The fraction of sp³-hybridized carbons (Fsp3) is 0.438. The van der Waals surface area contributed by atoms with E-state index in [2.05, 4.69) is 13.8 Å². The van der Waals surface area contributed by atoms with E-state index >= 15 is 0 Å². The summed E-state index contributed by atoms with van der Waals surface area (Å²) in [6.45, 7) is 6.34. The standard InChI is InChI=1S/C16H19FN2S/c1-9-4-10(6-11(17)5-9)15-19-13-8-16(2,3)7-12(18)14(13)20-15/h4-6,12H,7-8,18H2,1-3H3. The van der Waals surface area contributed by atoms with Crippen LogP contribution in [0, 0.1) is 18.2 Å². The van der Waals surface area contributed by atoms with Gasteiger partial charge in [0.2, 0.25) is 0 Å². The van der Waals surface area contributed by atoms with E-state index in [0.717, 1.165) is 34.7 Å². The van der Waals surface area contributed by atoms with Crippen LogP contribution in [-0.4, -0.2) is 4.98 Å². The topological polar surface area (TPSA) is 38.9 Å². The summed E-state index contributed by atoms with van der Waals surface area (Å²) in [4.78, 5) is 5.89. The van der Waals surface area contributed by atoms with Gasteiger partial charge in [-0.3, -0.25) is 0 Å². The number of rotatable bonds is 1. The minimum Gasteiger partial charge on any atom is -0.323 e. The molecule has 0 radical (unpaired) electrons. The molecule has 2 N–H and O–H groups in total. The van der Waals surface area contributed by atoms with Crippen molar-refractivity contribution in [1.29, 1.82) is 0 Å². The summed E-state index contributed by atoms with van der Waals surface area (Å²) >= 11 is 1.61. The van der Waals surface area contributed by atoms with Crippen LogP contribution in [0.1, 0.15) is 42.4 Å². The van der Waals surface area contributed by atoms with Crippen LogP contribution in [0.15, 0.2) is 18.2 Å². The van der Waals surface area contributed by atoms with Gasteiger partial charge in [-0.1, -0.05) is 13.8 Å². The van der Waals surface area contributed by atoms with Crippen LogP contribution in [-0.2, 0) is 6.42 Å². The van der Waals surface area contributed by atoms with Crippen molar-refractivity contribution in [2.24, 2.45) is 11.1 Å². The first-order valence-corrected chi connectivity index (χ1v) is 7.68. The summed E-state index contributed by atoms with van der Waals surface area (Å²) in [5.41, 5.74) is 9.32. The molecule has 0 saturated carbocycles. The highest BCUT2D eigenvalue weighted by molar-refractivity contribution is 7.15. The minimum absolute atomic E-state index is 0.0506. The molecule has 20 heavy (non-hydrogen) atoms. The molecule has 1 aliphatic rings. The van der Waals surface area contributed by atoms with E-state index in [0.29, 0.717) is 0 Å². The Kier molecular flexibility index (Phi) is 3.18. The number of aryl methyl sites for hydroxylation is 1. The van der Waals surface area contributed by atoms with Crippen molar-refractivity contribution in [1.82, 2.24) is 4.98 Å². The van der Waals surface area contributed by atoms with Crippen LogP contribution in [0.5, 0.6) is 0 Å². The molecule has 0 aliphatic heterocycles. The molecular weight excluding hydrogens is 271 g/mol. The third kappa shape index (κ3) is 2.50. The average molecular weight is 290 g/mol. The van der Waals surface area contributed by atoms with Gasteiger partial charge < -0.3 is 5.73 Å². The van der Waals surface area contributed by atoms with Crippen LogP contribution in [0.4, 0.5) is 4.39 Å². The van der Waals surface area contributed by atoms with E-state index in [1.54, 1.807) is 17.4 Å². The fourth-order valence-corrected chi connectivity index (χ4v) is 4.05. The van der Waals surface area contributed by atoms with Crippen molar-refractivity contribution in [3.05, 3.63) is 40.2 Å². The Balaban J connectivity index is 2.05. The number of halogens is 1. The zero-order chi connectivity index (χ0) is 14.5. The van der Waals surface area contributed by atoms with Crippen LogP contribution in [0.2, 0.25) is 0 Å². The van der Waals surface area contributed by atoms with Gasteiger partial charge in [-0.05, 0) is 48.9 Å². The SMILES string of the molecule is Cc1cc(F)cc(-c2nc3c(s2)C(N)CC(C)(C)C3)c1. The maximum atomic E-state index is 13.5. The summed E-state index contributed by atoms with van der Waals surface area (Å²) in [5, 5.41) is 0.880. The Labute approximate surface area is 122 Å². The second kappa shape index (κ2) is 4.64. The first-order chi connectivity index (χ1) is 9.34. The summed E-state index contributed by atoms with van der Waals surface area (Å²) in [6.07, 6.45) is 1.92. The van der Waals surface area contributed by atoms with Gasteiger partial charge in [0, 0.05) is 16.5 Å². The molecule has 2 aromatic rings. The predicted octanol–water partition coefficient (Wildman–Crippen LogP) is 4.23. The zero-order valence-electron chi connectivity index (χ0n) is 12.0. The number of hydrogen-bond acceptors (Lipinski definition) is 3. The van der Waals surface area contributed by atoms with Crippen molar-refractivity contribution in [3.63, 3.8) is 0 Å². The monoisotopic (exact) mass is 290 g/mol. The molecule has 1 unspecified atom stereocenters. The number of fused-ring (bicyclic) bond motifs is 1. The first-order valence-electron chi connectivity index (χ1n) is 6.87. The number of nitrogens with two attached hydrogens (primary N) is 1. The smallest absolute Gasteiger partial charge is 0.124 e. The van der Waals surface area contributed by atoms with Crippen molar-refractivity contribution in [2.75, 3.05) is 0 Å². The van der Waals surface area contributed by atoms with Crippen molar-refractivity contribution < 1.29 is 4.39 Å². The number of benzene rings is 1. The first kappa shape index (κ1) is 13.7. The second-order valence-corrected chi connectivity index (χ2v) is 7.53. The lowest BCUT2D eigenvalue weighted by Crippen LogP contribution is -2.28. The Morgan fingerprint density at radius 2 is 2.10 bits per heavy atom. The molecule has 0 spiro atoms. The molecule has 106 valence electrons. The van der Waals surface area contributed by atoms with Gasteiger partial charge in [-0.25, -0.2) is 9.37 Å². The summed E-state index contributed by atoms with van der Waals surface area (Å²) in [6, 6.07) is 5.11. The molecule has 2 nitrogen and oxygen atoms in total. The molecule has 0 amide bonds. The highest BCUT2D eigenvalue weighted by atomic mass is 32.1. The van der Waals surface area contributed by atoms with Crippen LogP contribution in [0.25, 0.3) is 10.6 Å². The highest BCUT2D eigenvalue weighted by Crippen LogP contribution is 2.43. The molecule has 1 heterocycles. The molecule has 0 saturated heterocycles. The molecule has 0 bridgehead atoms. The lowest BCUT2D eigenvalue weighted by atomic mass is 9.77. The van der Waals surface area contributed by atoms with Crippen LogP contribution < -0.4 is 5.73 Å². The van der Waals surface area contributed by atoms with E-state index in [9.17, 15) is 4.39 Å². The quantitative estimate of drug-likeness (QED) is 0.853. The van der Waals surface area contributed by atoms with E-state index in [-0.39, 0.29) is 17.3 Å². The zero-order valence-corrected chi connectivity index (χ0v) is 12.9. The highest BCUT2D eigenvalue weighted by Gasteiger charge is 2.33. The Morgan fingerprint density at radius 1 is 1.35 bits per heavy atom. The molecule has 1 atom stereocenters. The van der Waals surface area contributed by atoms with Gasteiger partial charge in [0.15, 0.2) is 0 Å². The van der Waals surface area contributed by atoms with Gasteiger partial charge in [0.25, 0.3) is 0 Å². The maximum Gasteiger partial charge on any atom is 0.124 e. The Bertz CT molecular complexity index is 640. The van der Waals surface area contributed by atoms with E-state index < -0.39 is 0 Å². The van der Waals surface area contributed by atoms with Crippen LogP contribution in [0.3, 0.4) is 0 Å². The lowest BCUT2D eigenvalue weighted by Gasteiger charge is -2.32. The molecule has 3 rings (SSSR count). The van der Waals surface area contributed by atoms with Gasteiger partial charge in [0.1, 0.15) is 10.8 Å². The van der Waals surface area contributed by atoms with Gasteiger partial charge >= 0.3 is 0 Å². The molecule has 1 aliphatic carbocycles. The Morgan fingerprint density at radius 3 is 2.80 bits per heavy atom. The molecule has 1 aromatic carbocycles. The van der Waals surface area contributed by atoms with Gasteiger partial charge in [-0.2, -0.15) is 0 Å². The van der Waals surface area contributed by atoms with E-state index in [1.807, 2.05) is 13.0 Å². The second-order valence-electron chi connectivity index (χ2n) is 6.50. The number of hydrogen-bond donors (Lipinski definition) is 1.